The summed E-state index contributed by atoms with van der Waals surface area (Å²) in [6.07, 6.45) is 0. The second-order valence-electron chi connectivity index (χ2n) is 15.6. The Kier molecular flexibility index (Phi) is 6.84. The summed E-state index contributed by atoms with van der Waals surface area (Å²) in [5.41, 5.74) is 13.1. The highest BCUT2D eigenvalue weighted by Crippen LogP contribution is 2.62. The molecule has 1 atom stereocenters. The Morgan fingerprint density at radius 1 is 0.508 bits per heavy atom. The van der Waals surface area contributed by atoms with Crippen LogP contribution in [0.25, 0.3) is 54.1 Å². The Balaban J connectivity index is 1.02. The van der Waals surface area contributed by atoms with Crippen molar-refractivity contribution in [3.05, 3.63) is 226 Å². The van der Waals surface area contributed by atoms with Gasteiger partial charge in [-0.15, -0.1) is 11.3 Å². The third kappa shape index (κ3) is 4.59. The minimum absolute atomic E-state index is 0.0549. The average molecular weight is 772 g/mol. The topological polar surface area (TPSA) is 46.5 Å². The zero-order chi connectivity index (χ0) is 38.7. The van der Waals surface area contributed by atoms with Crippen LogP contribution in [0.15, 0.2) is 193 Å². The van der Waals surface area contributed by atoms with Gasteiger partial charge in [0.2, 0.25) is 0 Å². The summed E-state index contributed by atoms with van der Waals surface area (Å²) in [4.78, 5) is 11.9. The van der Waals surface area contributed by atoms with Crippen LogP contribution < -0.4 is 10.1 Å². The molecule has 8 aromatic carbocycles. The van der Waals surface area contributed by atoms with E-state index in [1.165, 1.54) is 48.2 Å². The third-order valence-electron chi connectivity index (χ3n) is 12.6. The van der Waals surface area contributed by atoms with Gasteiger partial charge in [0, 0.05) is 43.1 Å². The molecular formula is C54H33N3OS. The van der Waals surface area contributed by atoms with Gasteiger partial charge in [-0.2, -0.15) is 0 Å². The first-order chi connectivity index (χ1) is 29.2. The van der Waals surface area contributed by atoms with E-state index in [0.29, 0.717) is 0 Å². The van der Waals surface area contributed by atoms with E-state index in [9.17, 15) is 0 Å². The summed E-state index contributed by atoms with van der Waals surface area (Å²) in [6.45, 7) is 0. The van der Waals surface area contributed by atoms with Crippen LogP contribution in [0.2, 0.25) is 0 Å². The normalized spacial score (nSPS) is 15.5. The third-order valence-corrected chi connectivity index (χ3v) is 13.8. The van der Waals surface area contributed by atoms with E-state index in [2.05, 4.69) is 187 Å². The highest BCUT2D eigenvalue weighted by Gasteiger charge is 2.51. The number of benzene rings is 8. The first kappa shape index (κ1) is 32.7. The molecule has 0 saturated carbocycles. The lowest BCUT2D eigenvalue weighted by Crippen LogP contribution is -2.32. The summed E-state index contributed by atoms with van der Waals surface area (Å²) >= 11 is 1.82. The maximum absolute atomic E-state index is 6.64. The molecule has 59 heavy (non-hydrogen) atoms. The zero-order valence-corrected chi connectivity index (χ0v) is 32.5. The largest absolute Gasteiger partial charge is 0.457 e. The van der Waals surface area contributed by atoms with Crippen molar-refractivity contribution in [2.75, 3.05) is 0 Å². The fraction of sp³-hybridized carbons (Fsp3) is 0.0370. The summed E-state index contributed by atoms with van der Waals surface area (Å²) in [5, 5.41) is 8.50. The van der Waals surface area contributed by atoms with Crippen LogP contribution >= 0.6 is 11.3 Å². The van der Waals surface area contributed by atoms with Crippen molar-refractivity contribution in [1.29, 1.82) is 0 Å². The molecule has 0 bridgehead atoms. The van der Waals surface area contributed by atoms with Gasteiger partial charge >= 0.3 is 0 Å². The first-order valence-corrected chi connectivity index (χ1v) is 20.9. The molecule has 4 heterocycles. The van der Waals surface area contributed by atoms with Gasteiger partial charge in [0.05, 0.1) is 33.2 Å². The van der Waals surface area contributed by atoms with Gasteiger partial charge in [-0.3, -0.25) is 0 Å². The molecular weight excluding hydrogens is 739 g/mol. The predicted molar refractivity (Wildman–Crippen MR) is 242 cm³/mol. The van der Waals surface area contributed by atoms with Crippen LogP contribution in [0, 0.1) is 0 Å². The lowest BCUT2D eigenvalue weighted by atomic mass is 9.66. The van der Waals surface area contributed by atoms with E-state index >= 15 is 0 Å². The number of pyridine rings is 1. The Morgan fingerprint density at radius 2 is 1.17 bits per heavy atom. The maximum atomic E-state index is 6.64. The molecule has 1 spiro atoms. The summed E-state index contributed by atoms with van der Waals surface area (Å²) in [7, 11) is 0. The highest BCUT2D eigenvalue weighted by atomic mass is 32.1. The van der Waals surface area contributed by atoms with Crippen molar-refractivity contribution in [3.8, 4) is 33.9 Å². The molecule has 1 N–H and O–H groups in total. The van der Waals surface area contributed by atoms with E-state index in [1.54, 1.807) is 0 Å². The Morgan fingerprint density at radius 3 is 1.97 bits per heavy atom. The van der Waals surface area contributed by atoms with Gasteiger partial charge in [0.15, 0.2) is 0 Å². The molecule has 2 aromatic heterocycles. The van der Waals surface area contributed by atoms with Crippen molar-refractivity contribution < 1.29 is 4.74 Å². The molecule has 0 fully saturated rings. The molecule has 10 aromatic rings. The molecule has 2 aliphatic heterocycles. The van der Waals surface area contributed by atoms with Crippen molar-refractivity contribution >= 4 is 54.6 Å². The molecule has 276 valence electrons. The number of aliphatic imine (C=N–C) groups is 1. The highest BCUT2D eigenvalue weighted by molar-refractivity contribution is 7.19. The van der Waals surface area contributed by atoms with Gasteiger partial charge in [-0.1, -0.05) is 152 Å². The van der Waals surface area contributed by atoms with Crippen LogP contribution in [0.4, 0.5) is 5.69 Å². The number of thiophene rings is 1. The number of hydrogen-bond donors (Lipinski definition) is 1. The lowest BCUT2D eigenvalue weighted by molar-refractivity contribution is 0.436. The van der Waals surface area contributed by atoms with Crippen LogP contribution in [-0.2, 0) is 5.41 Å². The van der Waals surface area contributed by atoms with E-state index in [4.69, 9.17) is 14.7 Å². The van der Waals surface area contributed by atoms with Crippen LogP contribution in [-0.4, -0.2) is 10.8 Å². The van der Waals surface area contributed by atoms with Gasteiger partial charge < -0.3 is 10.1 Å². The lowest BCUT2D eigenvalue weighted by Gasteiger charge is -2.39. The van der Waals surface area contributed by atoms with Crippen molar-refractivity contribution in [2.24, 2.45) is 4.99 Å². The van der Waals surface area contributed by atoms with E-state index in [-0.39, 0.29) is 6.04 Å². The van der Waals surface area contributed by atoms with E-state index in [0.717, 1.165) is 67.3 Å². The van der Waals surface area contributed by atoms with Crippen LogP contribution in [0.3, 0.4) is 0 Å². The standard InChI is InChI=1S/C54H33N3OS/c1-2-14-34(15-3-1)53-56-50(52-51(57-53)37-18-6-13-25-48(37)59-52)33-28-26-32(27-29-33)49-40-31-44-39(30-38(40)36-17-5-10-22-45(36)55-49)35-16-4-7-19-41(35)54(44)42-20-8-11-23-46(42)58-47-24-12-9-21-43(47)54/h1-31,50H,(H,56,57). The van der Waals surface area contributed by atoms with E-state index < -0.39 is 5.41 Å². The SMILES string of the molecule is c1ccc(C2=Nc3c(sc4ccccc34)C(c3ccc(-c4nc5ccccc5c5cc6c(cc45)C4(c5ccccc5Oc5ccccc54)c4ccccc4-6)cc3)N2)cc1. The summed E-state index contributed by atoms with van der Waals surface area (Å²) in [5.74, 6) is 2.66. The molecule has 1 aliphatic carbocycles. The monoisotopic (exact) mass is 771 g/mol. The van der Waals surface area contributed by atoms with Gasteiger partial charge in [-0.05, 0) is 69.6 Å². The number of fused-ring (bicyclic) bond motifs is 15. The zero-order valence-electron chi connectivity index (χ0n) is 31.7. The van der Waals surface area contributed by atoms with Crippen molar-refractivity contribution in [2.45, 2.75) is 11.5 Å². The number of hydrogen-bond acceptors (Lipinski definition) is 5. The number of amidine groups is 1. The Labute approximate surface area is 344 Å². The summed E-state index contributed by atoms with van der Waals surface area (Å²) < 4.78 is 7.88. The average Bonchev–Trinajstić information content (AvgIpc) is 3.82. The van der Waals surface area contributed by atoms with Gasteiger partial charge in [-0.25, -0.2) is 9.98 Å². The fourth-order valence-corrected chi connectivity index (χ4v) is 11.3. The quantitative estimate of drug-likeness (QED) is 0.182. The summed E-state index contributed by atoms with van der Waals surface area (Å²) in [6, 6.07) is 67.5. The fourth-order valence-electron chi connectivity index (χ4n) is 10.0. The number of rotatable bonds is 3. The Hall–Kier alpha value is -7.34. The second-order valence-corrected chi connectivity index (χ2v) is 16.7. The number of aromatic nitrogens is 1. The number of nitrogens with one attached hydrogen (secondary N) is 1. The van der Waals surface area contributed by atoms with Crippen molar-refractivity contribution in [3.63, 3.8) is 0 Å². The van der Waals surface area contributed by atoms with Crippen molar-refractivity contribution in [1.82, 2.24) is 10.3 Å². The molecule has 13 rings (SSSR count). The number of nitrogens with zero attached hydrogens (tertiary/aromatic N) is 2. The Bertz CT molecular complexity index is 3360. The molecule has 4 nitrogen and oxygen atoms in total. The first-order valence-electron chi connectivity index (χ1n) is 20.1. The second kappa shape index (κ2) is 12.3. The molecule has 1 unspecified atom stereocenters. The number of para-hydroxylation sites is 3. The van der Waals surface area contributed by atoms with E-state index in [1.807, 2.05) is 17.4 Å². The van der Waals surface area contributed by atoms with Crippen LogP contribution in [0.1, 0.15) is 44.3 Å². The van der Waals surface area contributed by atoms with Gasteiger partial charge in [0.25, 0.3) is 0 Å². The molecule has 0 radical (unpaired) electrons. The number of ether oxygens (including phenoxy) is 1. The molecule has 5 heteroatoms. The smallest absolute Gasteiger partial charge is 0.134 e. The van der Waals surface area contributed by atoms with Gasteiger partial charge in [0.1, 0.15) is 17.3 Å². The molecule has 0 saturated heterocycles. The maximum Gasteiger partial charge on any atom is 0.134 e. The molecule has 3 aliphatic rings. The minimum Gasteiger partial charge on any atom is -0.457 e. The minimum atomic E-state index is -0.565. The van der Waals surface area contributed by atoms with Crippen LogP contribution in [0.5, 0.6) is 11.5 Å². The molecule has 0 amide bonds. The predicted octanol–water partition coefficient (Wildman–Crippen LogP) is 13.5.